The van der Waals surface area contributed by atoms with Crippen molar-refractivity contribution < 1.29 is 5.11 Å². The van der Waals surface area contributed by atoms with Gasteiger partial charge in [0.15, 0.2) is 0 Å². The van der Waals surface area contributed by atoms with Gasteiger partial charge in [-0.05, 0) is 51.2 Å². The Labute approximate surface area is 114 Å². The van der Waals surface area contributed by atoms with Crippen LogP contribution in [-0.2, 0) is 0 Å². The summed E-state index contributed by atoms with van der Waals surface area (Å²) in [6, 6.07) is 10.4. The van der Waals surface area contributed by atoms with Crippen LogP contribution in [-0.4, -0.2) is 16.0 Å². The monoisotopic (exact) mass is 262 g/mol. The first kappa shape index (κ1) is 13.7. The van der Waals surface area contributed by atoms with Gasteiger partial charge in [0.25, 0.3) is 0 Å². The van der Waals surface area contributed by atoms with Gasteiger partial charge in [-0.15, -0.1) is 11.8 Å². The van der Waals surface area contributed by atoms with Crippen LogP contribution < -0.4 is 0 Å². The van der Waals surface area contributed by atoms with Crippen molar-refractivity contribution in [1.29, 1.82) is 0 Å². The van der Waals surface area contributed by atoms with Gasteiger partial charge in [0.05, 0.1) is 5.60 Å². The molecule has 98 valence electrons. The maximum absolute atomic E-state index is 10.5. The van der Waals surface area contributed by atoms with Crippen LogP contribution in [0.2, 0.25) is 0 Å². The molecule has 3 unspecified atom stereocenters. The zero-order valence-electron chi connectivity index (χ0n) is 11.2. The first-order valence-electron chi connectivity index (χ1n) is 6.58. The van der Waals surface area contributed by atoms with E-state index in [0.717, 1.165) is 19.3 Å². The Bertz CT molecular complexity index is 410. The van der Waals surface area contributed by atoms with Crippen LogP contribution in [0.4, 0.5) is 0 Å². The third-order valence-electron chi connectivity index (χ3n) is 3.91. The molecule has 0 bridgehead atoms. The van der Waals surface area contributed by atoms with Gasteiger partial charge < -0.3 is 5.11 Å². The molecule has 2 rings (SSSR count). The molecule has 1 aliphatic carbocycles. The minimum absolute atomic E-state index is 0.260. The largest absolute Gasteiger partial charge is 0.389 e. The smallest absolute Gasteiger partial charge is 0.0741 e. The molecule has 0 saturated heterocycles. The van der Waals surface area contributed by atoms with E-state index in [1.807, 2.05) is 13.0 Å². The number of hydrogen-bond acceptors (Lipinski definition) is 2. The lowest BCUT2D eigenvalue weighted by Gasteiger charge is -2.40. The van der Waals surface area contributed by atoms with Gasteiger partial charge in [-0.25, -0.2) is 0 Å². The molecule has 0 amide bonds. The van der Waals surface area contributed by atoms with Crippen molar-refractivity contribution in [3.63, 3.8) is 0 Å². The van der Waals surface area contributed by atoms with Crippen molar-refractivity contribution in [2.45, 2.75) is 48.9 Å². The fourth-order valence-corrected chi connectivity index (χ4v) is 3.89. The van der Waals surface area contributed by atoms with Crippen LogP contribution in [0.5, 0.6) is 0 Å². The quantitative estimate of drug-likeness (QED) is 0.821. The summed E-state index contributed by atoms with van der Waals surface area (Å²) in [4.78, 5) is 1.24. The number of allylic oxidation sites excluding steroid dienone is 1. The summed E-state index contributed by atoms with van der Waals surface area (Å²) in [5, 5.41) is 10.8. The van der Waals surface area contributed by atoms with Crippen LogP contribution in [0.15, 0.2) is 47.4 Å². The van der Waals surface area contributed by atoms with Crippen LogP contribution in [0, 0.1) is 5.92 Å². The number of hydrogen-bond donors (Lipinski definition) is 1. The highest BCUT2D eigenvalue weighted by Gasteiger charge is 2.39. The van der Waals surface area contributed by atoms with Gasteiger partial charge in [-0.2, -0.15) is 0 Å². The molecule has 0 heterocycles. The summed E-state index contributed by atoms with van der Waals surface area (Å²) in [5.74, 6) is 0.562. The zero-order chi connectivity index (χ0) is 13.2. The van der Waals surface area contributed by atoms with E-state index in [1.165, 1.54) is 10.5 Å². The van der Waals surface area contributed by atoms with E-state index in [9.17, 15) is 5.11 Å². The van der Waals surface area contributed by atoms with E-state index in [4.69, 9.17) is 0 Å². The number of rotatable bonds is 3. The lowest BCUT2D eigenvalue weighted by molar-refractivity contribution is 0.0194. The fourth-order valence-electron chi connectivity index (χ4n) is 2.54. The second-order valence-corrected chi connectivity index (χ2v) is 6.87. The number of benzene rings is 1. The Morgan fingerprint density at radius 2 is 2.06 bits per heavy atom. The highest BCUT2D eigenvalue weighted by Crippen LogP contribution is 2.43. The highest BCUT2D eigenvalue weighted by molar-refractivity contribution is 8.00. The van der Waals surface area contributed by atoms with E-state index in [1.54, 1.807) is 11.8 Å². The highest BCUT2D eigenvalue weighted by atomic mass is 32.2. The van der Waals surface area contributed by atoms with Crippen molar-refractivity contribution in [2.24, 2.45) is 5.92 Å². The second-order valence-electron chi connectivity index (χ2n) is 5.59. The van der Waals surface area contributed by atoms with Crippen LogP contribution in [0.25, 0.3) is 0 Å². The summed E-state index contributed by atoms with van der Waals surface area (Å²) >= 11 is 1.80. The Morgan fingerprint density at radius 1 is 1.39 bits per heavy atom. The van der Waals surface area contributed by atoms with Gasteiger partial charge >= 0.3 is 0 Å². The molecular weight excluding hydrogens is 240 g/mol. The minimum Gasteiger partial charge on any atom is -0.389 e. The van der Waals surface area contributed by atoms with Gasteiger partial charge in [-0.1, -0.05) is 30.4 Å². The van der Waals surface area contributed by atoms with Crippen LogP contribution >= 0.6 is 11.8 Å². The van der Waals surface area contributed by atoms with E-state index in [-0.39, 0.29) is 5.25 Å². The van der Waals surface area contributed by atoms with Crippen molar-refractivity contribution in [3.05, 3.63) is 42.5 Å². The molecule has 1 fully saturated rings. The predicted molar refractivity (Wildman–Crippen MR) is 78.9 cm³/mol. The molecule has 1 N–H and O–H groups in total. The Morgan fingerprint density at radius 3 is 2.67 bits per heavy atom. The summed E-state index contributed by atoms with van der Waals surface area (Å²) in [5.41, 5.74) is 0.691. The molecule has 1 aromatic carbocycles. The van der Waals surface area contributed by atoms with Crippen LogP contribution in [0.3, 0.4) is 0 Å². The fraction of sp³-hybridized carbons (Fsp3) is 0.500. The topological polar surface area (TPSA) is 20.2 Å². The molecule has 3 atom stereocenters. The maximum atomic E-state index is 10.5. The van der Waals surface area contributed by atoms with Gasteiger partial charge in [0.1, 0.15) is 0 Å². The van der Waals surface area contributed by atoms with E-state index in [0.29, 0.717) is 5.92 Å². The molecule has 1 nitrogen and oxygen atoms in total. The Kier molecular flexibility index (Phi) is 4.18. The maximum Gasteiger partial charge on any atom is 0.0741 e. The van der Waals surface area contributed by atoms with Crippen molar-refractivity contribution in [3.8, 4) is 0 Å². The molecule has 1 saturated carbocycles. The van der Waals surface area contributed by atoms with Crippen molar-refractivity contribution >= 4 is 11.8 Å². The average Bonchev–Trinajstić information content (AvgIpc) is 2.33. The second kappa shape index (κ2) is 5.50. The minimum atomic E-state index is -0.563. The lowest BCUT2D eigenvalue weighted by atomic mass is 9.77. The molecule has 1 aliphatic rings. The van der Waals surface area contributed by atoms with Crippen molar-refractivity contribution in [2.75, 3.05) is 0 Å². The van der Waals surface area contributed by atoms with E-state index >= 15 is 0 Å². The lowest BCUT2D eigenvalue weighted by Crippen LogP contribution is -2.42. The normalized spacial score (nSPS) is 32.2. The molecular formula is C16H22OS. The van der Waals surface area contributed by atoms with Gasteiger partial charge in [0.2, 0.25) is 0 Å². The SMILES string of the molecule is C=C(C)C1CCC(C)(O)C(Sc2ccccc2)C1. The number of aliphatic hydroxyl groups is 1. The van der Waals surface area contributed by atoms with E-state index < -0.39 is 5.60 Å². The molecule has 0 spiro atoms. The Hall–Kier alpha value is -0.730. The van der Waals surface area contributed by atoms with Gasteiger partial charge in [0, 0.05) is 10.1 Å². The molecule has 0 aliphatic heterocycles. The first-order valence-corrected chi connectivity index (χ1v) is 7.46. The summed E-state index contributed by atoms with van der Waals surface area (Å²) < 4.78 is 0. The average molecular weight is 262 g/mol. The standard InChI is InChI=1S/C16H22OS/c1-12(2)13-9-10-16(3,17)15(11-13)18-14-7-5-4-6-8-14/h4-8,13,15,17H,1,9-11H2,2-3H3. The molecule has 2 heteroatoms. The third kappa shape index (κ3) is 3.18. The van der Waals surface area contributed by atoms with Crippen LogP contribution in [0.1, 0.15) is 33.1 Å². The van der Waals surface area contributed by atoms with E-state index in [2.05, 4.69) is 37.8 Å². The number of thioether (sulfide) groups is 1. The molecule has 1 aromatic rings. The summed E-state index contributed by atoms with van der Waals surface area (Å²) in [6.07, 6.45) is 2.96. The molecule has 0 aromatic heterocycles. The Balaban J connectivity index is 2.10. The predicted octanol–water partition coefficient (Wildman–Crippen LogP) is 4.27. The molecule has 0 radical (unpaired) electrons. The first-order chi connectivity index (χ1) is 8.49. The zero-order valence-corrected chi connectivity index (χ0v) is 12.0. The van der Waals surface area contributed by atoms with Crippen molar-refractivity contribution in [1.82, 2.24) is 0 Å². The molecule has 18 heavy (non-hydrogen) atoms. The van der Waals surface area contributed by atoms with Gasteiger partial charge in [-0.3, -0.25) is 0 Å². The summed E-state index contributed by atoms with van der Waals surface area (Å²) in [7, 11) is 0. The summed E-state index contributed by atoms with van der Waals surface area (Å²) in [6.45, 7) is 8.16. The third-order valence-corrected chi connectivity index (χ3v) is 5.44.